The van der Waals surface area contributed by atoms with Gasteiger partial charge < -0.3 is 5.73 Å². The van der Waals surface area contributed by atoms with E-state index in [2.05, 4.69) is 0 Å². The van der Waals surface area contributed by atoms with Crippen molar-refractivity contribution in [1.82, 2.24) is 4.98 Å². The van der Waals surface area contributed by atoms with Crippen LogP contribution in [-0.4, -0.2) is 4.98 Å². The van der Waals surface area contributed by atoms with E-state index in [1.807, 2.05) is 18.2 Å². The summed E-state index contributed by atoms with van der Waals surface area (Å²) in [6, 6.07) is 5.85. The van der Waals surface area contributed by atoms with Crippen molar-refractivity contribution in [2.24, 2.45) is 0 Å². The molecule has 0 spiro atoms. The first-order chi connectivity index (χ1) is 9.24. The molecule has 2 heterocycles. The van der Waals surface area contributed by atoms with Gasteiger partial charge in [-0.2, -0.15) is 0 Å². The Bertz CT molecular complexity index is 788. The van der Waals surface area contributed by atoms with Crippen LogP contribution in [0, 0.1) is 0 Å². The molecule has 2 aromatic heterocycles. The van der Waals surface area contributed by atoms with Crippen molar-refractivity contribution in [2.45, 2.75) is 19.3 Å². The van der Waals surface area contributed by atoms with E-state index in [-0.39, 0.29) is 0 Å². The number of halogens is 1. The first-order valence-electron chi connectivity index (χ1n) is 6.19. The third-order valence-corrected chi connectivity index (χ3v) is 6.20. The Kier molecular flexibility index (Phi) is 2.59. The summed E-state index contributed by atoms with van der Waals surface area (Å²) in [4.78, 5) is 6.16. The predicted octanol–water partition coefficient (Wildman–Crippen LogP) is 4.75. The fraction of sp³-hybridized carbons (Fsp3) is 0.214. The third kappa shape index (κ3) is 1.71. The summed E-state index contributed by atoms with van der Waals surface area (Å²) in [5.41, 5.74) is 9.73. The summed E-state index contributed by atoms with van der Waals surface area (Å²) in [6.45, 7) is 0. The minimum atomic E-state index is 0.770. The van der Waals surface area contributed by atoms with Crippen molar-refractivity contribution in [3.8, 4) is 10.6 Å². The fourth-order valence-corrected chi connectivity index (χ4v) is 5.25. The van der Waals surface area contributed by atoms with Gasteiger partial charge in [-0.1, -0.05) is 17.7 Å². The highest BCUT2D eigenvalue weighted by Gasteiger charge is 2.24. The van der Waals surface area contributed by atoms with Gasteiger partial charge in [0.2, 0.25) is 0 Å². The van der Waals surface area contributed by atoms with Gasteiger partial charge in [0.25, 0.3) is 0 Å². The molecule has 2 N–H and O–H groups in total. The van der Waals surface area contributed by atoms with E-state index in [1.165, 1.54) is 16.9 Å². The van der Waals surface area contributed by atoms with Gasteiger partial charge in [-0.05, 0) is 37.0 Å². The van der Waals surface area contributed by atoms with Gasteiger partial charge in [-0.3, -0.25) is 0 Å². The second-order valence-electron chi connectivity index (χ2n) is 4.70. The van der Waals surface area contributed by atoms with Crippen LogP contribution < -0.4 is 5.73 Å². The van der Waals surface area contributed by atoms with Crippen LogP contribution in [0.2, 0.25) is 5.02 Å². The first kappa shape index (κ1) is 11.7. The Morgan fingerprint density at radius 2 is 2.11 bits per heavy atom. The summed E-state index contributed by atoms with van der Waals surface area (Å²) in [7, 11) is 0. The van der Waals surface area contributed by atoms with E-state index in [1.54, 1.807) is 22.7 Å². The lowest BCUT2D eigenvalue weighted by atomic mass is 10.1. The Labute approximate surface area is 123 Å². The quantitative estimate of drug-likeness (QED) is 0.704. The van der Waals surface area contributed by atoms with E-state index in [4.69, 9.17) is 22.3 Å². The summed E-state index contributed by atoms with van der Waals surface area (Å²) in [6.07, 6.45) is 3.53. The molecule has 0 atom stereocenters. The highest BCUT2D eigenvalue weighted by molar-refractivity contribution is 7.23. The second kappa shape index (κ2) is 4.20. The molecule has 0 radical (unpaired) electrons. The average Bonchev–Trinajstić information content (AvgIpc) is 3.02. The predicted molar refractivity (Wildman–Crippen MR) is 84.4 cm³/mol. The van der Waals surface area contributed by atoms with Crippen molar-refractivity contribution in [3.05, 3.63) is 33.7 Å². The van der Waals surface area contributed by atoms with Gasteiger partial charge in [-0.15, -0.1) is 22.7 Å². The Hall–Kier alpha value is -1.10. The van der Waals surface area contributed by atoms with Crippen LogP contribution in [0.1, 0.15) is 16.9 Å². The molecule has 0 saturated carbocycles. The lowest BCUT2D eigenvalue weighted by Gasteiger charge is -1.98. The Balaban J connectivity index is 1.98. The number of aryl methyl sites for hydroxylation is 1. The van der Waals surface area contributed by atoms with Crippen molar-refractivity contribution in [2.75, 3.05) is 5.73 Å². The van der Waals surface area contributed by atoms with Gasteiger partial charge in [0, 0.05) is 10.4 Å². The maximum absolute atomic E-state index is 6.23. The molecule has 2 nitrogen and oxygen atoms in total. The molecule has 0 unspecified atom stereocenters. The summed E-state index contributed by atoms with van der Waals surface area (Å²) in [5, 5.41) is 2.69. The second-order valence-corrected chi connectivity index (χ2v) is 7.25. The lowest BCUT2D eigenvalue weighted by Crippen LogP contribution is -1.87. The van der Waals surface area contributed by atoms with Gasteiger partial charge in [0.05, 0.1) is 20.2 Å². The highest BCUT2D eigenvalue weighted by Crippen LogP contribution is 2.46. The van der Waals surface area contributed by atoms with Crippen LogP contribution in [-0.2, 0) is 12.8 Å². The maximum Gasteiger partial charge on any atom is 0.127 e. The molecule has 0 saturated heterocycles. The largest absolute Gasteiger partial charge is 0.390 e. The SMILES string of the molecule is Nc1sc2c(c1-c1nc3cccc(Cl)c3s1)CCC2. The zero-order valence-electron chi connectivity index (χ0n) is 10.1. The molecule has 1 aromatic carbocycles. The van der Waals surface area contributed by atoms with E-state index in [9.17, 15) is 0 Å². The number of nitrogens with two attached hydrogens (primary N) is 1. The topological polar surface area (TPSA) is 38.9 Å². The Morgan fingerprint density at radius 3 is 2.95 bits per heavy atom. The van der Waals surface area contributed by atoms with E-state index in [0.717, 1.165) is 43.7 Å². The van der Waals surface area contributed by atoms with E-state index in [0.29, 0.717) is 0 Å². The number of hydrogen-bond donors (Lipinski definition) is 1. The average molecular weight is 307 g/mol. The van der Waals surface area contributed by atoms with Crippen molar-refractivity contribution < 1.29 is 0 Å². The molecule has 19 heavy (non-hydrogen) atoms. The van der Waals surface area contributed by atoms with Gasteiger partial charge in [0.1, 0.15) is 5.01 Å². The standard InChI is InChI=1S/C14H11ClN2S2/c15-8-4-2-5-9-12(8)19-14(17-9)11-7-3-1-6-10(7)18-13(11)16/h2,4-5H,1,3,6,16H2. The smallest absolute Gasteiger partial charge is 0.127 e. The number of aromatic nitrogens is 1. The number of benzene rings is 1. The van der Waals surface area contributed by atoms with Gasteiger partial charge in [-0.25, -0.2) is 4.98 Å². The summed E-state index contributed by atoms with van der Waals surface area (Å²) < 4.78 is 1.05. The number of thiazole rings is 1. The lowest BCUT2D eigenvalue weighted by molar-refractivity contribution is 0.915. The zero-order valence-corrected chi connectivity index (χ0v) is 12.5. The summed E-state index contributed by atoms with van der Waals surface area (Å²) >= 11 is 9.60. The number of fused-ring (bicyclic) bond motifs is 2. The summed E-state index contributed by atoms with van der Waals surface area (Å²) in [5.74, 6) is 0. The molecule has 1 aliphatic carbocycles. The molecule has 0 fully saturated rings. The highest BCUT2D eigenvalue weighted by atomic mass is 35.5. The molecule has 1 aliphatic rings. The van der Waals surface area contributed by atoms with Crippen LogP contribution in [0.15, 0.2) is 18.2 Å². The van der Waals surface area contributed by atoms with Crippen LogP contribution in [0.5, 0.6) is 0 Å². The number of anilines is 1. The van der Waals surface area contributed by atoms with Gasteiger partial charge >= 0.3 is 0 Å². The van der Waals surface area contributed by atoms with Crippen LogP contribution in [0.25, 0.3) is 20.8 Å². The van der Waals surface area contributed by atoms with Crippen molar-refractivity contribution in [3.63, 3.8) is 0 Å². The molecule has 3 aromatic rings. The van der Waals surface area contributed by atoms with Crippen LogP contribution in [0.3, 0.4) is 0 Å². The number of thiophene rings is 1. The third-order valence-electron chi connectivity index (χ3n) is 3.53. The number of nitrogens with zero attached hydrogens (tertiary/aromatic N) is 1. The number of hydrogen-bond acceptors (Lipinski definition) is 4. The Morgan fingerprint density at radius 1 is 1.21 bits per heavy atom. The fourth-order valence-electron chi connectivity index (χ4n) is 2.68. The minimum Gasteiger partial charge on any atom is -0.390 e. The monoisotopic (exact) mass is 306 g/mol. The molecule has 96 valence electrons. The maximum atomic E-state index is 6.23. The number of rotatable bonds is 1. The molecule has 0 amide bonds. The zero-order chi connectivity index (χ0) is 13.0. The molecule has 0 bridgehead atoms. The molecule has 0 aliphatic heterocycles. The molecule has 5 heteroatoms. The van der Waals surface area contributed by atoms with E-state index >= 15 is 0 Å². The minimum absolute atomic E-state index is 0.770. The van der Waals surface area contributed by atoms with Crippen molar-refractivity contribution >= 4 is 49.5 Å². The molecule has 4 rings (SSSR count). The molecular formula is C14H11ClN2S2. The van der Waals surface area contributed by atoms with E-state index < -0.39 is 0 Å². The van der Waals surface area contributed by atoms with Crippen LogP contribution in [0.4, 0.5) is 5.00 Å². The van der Waals surface area contributed by atoms with Gasteiger partial charge in [0.15, 0.2) is 0 Å². The molecular weight excluding hydrogens is 296 g/mol. The normalized spacial score (nSPS) is 14.2. The van der Waals surface area contributed by atoms with Crippen molar-refractivity contribution in [1.29, 1.82) is 0 Å². The first-order valence-corrected chi connectivity index (χ1v) is 8.20. The van der Waals surface area contributed by atoms with Crippen LogP contribution >= 0.6 is 34.3 Å². The number of nitrogen functional groups attached to an aromatic ring is 1.